The standard InChI is InChI=1S/C46H50Cl2N6/c1-9-28-30(11-3)40-38(47)42-32(13-5)34(15-7)44(52-42)46(54-23-19-27(20-24-54)26-17-21-49-22-18-26)45-35(16-8)33(14-6)43(53-45)39(48)41-31(12-4)29(10-2)37(51-41)25-36(28)50-40/h17-25,49H,9-16H2,1-8H3/p+1. The molecule has 0 radical (unpaired) electrons. The largest absolute Gasteiger partial charge is 0.320 e. The van der Waals surface area contributed by atoms with E-state index in [1.54, 1.807) is 0 Å². The molecule has 0 fully saturated rings. The Balaban J connectivity index is 1.60. The van der Waals surface area contributed by atoms with Crippen LogP contribution in [0.1, 0.15) is 107 Å². The maximum Gasteiger partial charge on any atom is 0.0977 e. The monoisotopic (exact) mass is 757 g/mol. The Labute approximate surface area is 331 Å². The summed E-state index contributed by atoms with van der Waals surface area (Å²) >= 11 is 15.2. The molecule has 7 aliphatic rings. The van der Waals surface area contributed by atoms with E-state index < -0.39 is 0 Å². The van der Waals surface area contributed by atoms with Gasteiger partial charge in [0.2, 0.25) is 0 Å². The minimum absolute atomic E-state index is 0.605. The second kappa shape index (κ2) is 15.8. The number of nitrogens with zero attached hydrogens (tertiary/aromatic N) is 5. The van der Waals surface area contributed by atoms with E-state index in [1.165, 1.54) is 39.0 Å². The molecule has 7 rings (SSSR count). The normalized spacial score (nSPS) is 21.3. The van der Waals surface area contributed by atoms with E-state index in [0.717, 1.165) is 119 Å². The average Bonchev–Trinajstić information content (AvgIpc) is 3.97. The van der Waals surface area contributed by atoms with Gasteiger partial charge in [-0.05, 0) is 137 Å². The lowest BCUT2D eigenvalue weighted by Crippen LogP contribution is -2.71. The van der Waals surface area contributed by atoms with E-state index in [1.807, 2.05) is 5.32 Å². The Bertz CT molecular complexity index is 2240. The van der Waals surface area contributed by atoms with Crippen LogP contribution in [0.15, 0.2) is 169 Å². The number of allylic oxidation sites excluding steroid dienone is 17. The summed E-state index contributed by atoms with van der Waals surface area (Å²) in [4.78, 5) is 23.9. The Hall–Kier alpha value is -4.36. The second-order valence-corrected chi connectivity index (χ2v) is 14.7. The van der Waals surface area contributed by atoms with Crippen molar-refractivity contribution < 1.29 is 5.32 Å². The molecule has 0 aromatic heterocycles. The van der Waals surface area contributed by atoms with Crippen molar-refractivity contribution in [3.63, 3.8) is 0 Å². The van der Waals surface area contributed by atoms with E-state index in [9.17, 15) is 0 Å². The first-order valence-electron chi connectivity index (χ1n) is 19.9. The van der Waals surface area contributed by atoms with Gasteiger partial charge in [0.15, 0.2) is 0 Å². The average molecular weight is 759 g/mol. The van der Waals surface area contributed by atoms with Gasteiger partial charge in [-0.25, -0.2) is 20.0 Å². The maximum absolute atomic E-state index is 7.61. The summed E-state index contributed by atoms with van der Waals surface area (Å²) in [5, 5.41) is 3.26. The number of fused-ring (bicyclic) bond motifs is 4. The number of aliphatic imine (C=N–C) groups is 4. The summed E-state index contributed by atoms with van der Waals surface area (Å²) in [6, 6.07) is 0. The predicted molar refractivity (Wildman–Crippen MR) is 228 cm³/mol. The smallest absolute Gasteiger partial charge is 0.0977 e. The van der Waals surface area contributed by atoms with E-state index >= 15 is 0 Å². The molecule has 54 heavy (non-hydrogen) atoms. The third-order valence-electron chi connectivity index (χ3n) is 11.3. The SMILES string of the molecule is CCC1=C(CC)C2=NC1=CC1=NC(=C(Cl)C3=NC(=C(N4C=CC(=C5C=C[NH2+]C=C5)C=C4)C4=NC(=C2Cl)C(CC)=C4CC)C(CC)=C3CC)C(CC)=C1CC. The van der Waals surface area contributed by atoms with Gasteiger partial charge < -0.3 is 4.90 Å². The van der Waals surface area contributed by atoms with Gasteiger partial charge >= 0.3 is 0 Å². The van der Waals surface area contributed by atoms with Crippen LogP contribution in [-0.4, -0.2) is 27.7 Å². The first-order chi connectivity index (χ1) is 26.3. The quantitative estimate of drug-likeness (QED) is 0.250. The summed E-state index contributed by atoms with van der Waals surface area (Å²) in [5.74, 6) is 0. The van der Waals surface area contributed by atoms with Crippen LogP contribution < -0.4 is 5.32 Å². The topological polar surface area (TPSA) is 69.3 Å². The molecule has 7 heterocycles. The first-order valence-corrected chi connectivity index (χ1v) is 20.6. The van der Waals surface area contributed by atoms with Crippen LogP contribution in [-0.2, 0) is 0 Å². The summed E-state index contributed by atoms with van der Waals surface area (Å²) < 4.78 is 0. The number of rotatable bonds is 9. The Morgan fingerprint density at radius 1 is 0.481 bits per heavy atom. The van der Waals surface area contributed by atoms with Crippen molar-refractivity contribution in [2.75, 3.05) is 0 Å². The molecule has 8 bridgehead atoms. The van der Waals surface area contributed by atoms with Crippen LogP contribution in [0.2, 0.25) is 0 Å². The fourth-order valence-corrected chi connectivity index (χ4v) is 9.34. The second-order valence-electron chi connectivity index (χ2n) is 13.9. The molecule has 8 heteroatoms. The van der Waals surface area contributed by atoms with E-state index in [0.29, 0.717) is 10.1 Å². The predicted octanol–water partition coefficient (Wildman–Crippen LogP) is 11.5. The summed E-state index contributed by atoms with van der Waals surface area (Å²) in [5.41, 5.74) is 19.6. The summed E-state index contributed by atoms with van der Waals surface area (Å²) in [6.45, 7) is 17.6. The fourth-order valence-electron chi connectivity index (χ4n) is 8.71. The Morgan fingerprint density at radius 3 is 1.50 bits per heavy atom. The van der Waals surface area contributed by atoms with Crippen LogP contribution in [0.5, 0.6) is 0 Å². The van der Waals surface area contributed by atoms with E-state index in [2.05, 4.69) is 115 Å². The zero-order valence-corrected chi connectivity index (χ0v) is 34.4. The Morgan fingerprint density at radius 2 is 0.926 bits per heavy atom. The van der Waals surface area contributed by atoms with Gasteiger partial charge in [0, 0.05) is 12.4 Å². The number of halogens is 2. The van der Waals surface area contributed by atoms with Crippen LogP contribution in [0, 0.1) is 0 Å². The van der Waals surface area contributed by atoms with Crippen molar-refractivity contribution >= 4 is 46.0 Å². The zero-order valence-electron chi connectivity index (χ0n) is 32.9. The molecule has 0 amide bonds. The molecule has 0 aliphatic carbocycles. The lowest BCUT2D eigenvalue weighted by molar-refractivity contribution is -0.515. The number of quaternary nitrogens is 1. The maximum atomic E-state index is 7.61. The molecule has 0 atom stereocenters. The summed E-state index contributed by atoms with van der Waals surface area (Å²) in [7, 11) is 0. The van der Waals surface area contributed by atoms with Crippen LogP contribution in [0.25, 0.3) is 0 Å². The van der Waals surface area contributed by atoms with Crippen LogP contribution in [0.3, 0.4) is 0 Å². The third-order valence-corrected chi connectivity index (χ3v) is 12.0. The van der Waals surface area contributed by atoms with Crippen molar-refractivity contribution in [2.24, 2.45) is 20.0 Å². The summed E-state index contributed by atoms with van der Waals surface area (Å²) in [6.07, 6.45) is 25.7. The van der Waals surface area contributed by atoms with Gasteiger partial charge in [-0.3, -0.25) is 5.32 Å². The van der Waals surface area contributed by atoms with Gasteiger partial charge in [-0.15, -0.1) is 0 Å². The van der Waals surface area contributed by atoms with Crippen molar-refractivity contribution in [2.45, 2.75) is 107 Å². The highest BCUT2D eigenvalue weighted by molar-refractivity contribution is 6.49. The molecule has 0 aromatic rings. The van der Waals surface area contributed by atoms with Crippen molar-refractivity contribution in [3.05, 3.63) is 149 Å². The first kappa shape index (κ1) is 37.9. The highest BCUT2D eigenvalue weighted by Gasteiger charge is 2.37. The molecule has 0 spiro atoms. The zero-order chi connectivity index (χ0) is 38.3. The highest BCUT2D eigenvalue weighted by Crippen LogP contribution is 2.46. The molecule has 0 aromatic carbocycles. The lowest BCUT2D eigenvalue weighted by Gasteiger charge is -2.26. The minimum Gasteiger partial charge on any atom is -0.320 e. The molecule has 278 valence electrons. The number of hydrogen-bond acceptors (Lipinski definition) is 5. The number of nitrogens with two attached hydrogens (primary N) is 1. The van der Waals surface area contributed by atoms with Gasteiger partial charge in [-0.1, -0.05) is 78.6 Å². The molecular weight excluding hydrogens is 707 g/mol. The van der Waals surface area contributed by atoms with Crippen molar-refractivity contribution in [1.29, 1.82) is 0 Å². The van der Waals surface area contributed by atoms with Gasteiger partial charge in [0.25, 0.3) is 0 Å². The van der Waals surface area contributed by atoms with Crippen LogP contribution >= 0.6 is 23.2 Å². The highest BCUT2D eigenvalue weighted by atomic mass is 35.5. The van der Waals surface area contributed by atoms with Crippen molar-refractivity contribution in [1.82, 2.24) is 4.90 Å². The number of hydrogen-bond donors (Lipinski definition) is 1. The van der Waals surface area contributed by atoms with Gasteiger partial charge in [0.1, 0.15) is 0 Å². The van der Waals surface area contributed by atoms with E-state index in [4.69, 9.17) is 43.2 Å². The molecule has 0 saturated heterocycles. The molecule has 7 aliphatic heterocycles. The molecule has 2 N–H and O–H groups in total. The molecular formula is C46H51Cl2N6+. The molecule has 6 nitrogen and oxygen atoms in total. The molecule has 0 unspecified atom stereocenters. The van der Waals surface area contributed by atoms with Crippen LogP contribution in [0.4, 0.5) is 0 Å². The van der Waals surface area contributed by atoms with Gasteiger partial charge in [0.05, 0.1) is 73.8 Å². The fraction of sp³-hybridized carbons (Fsp3) is 0.348. The Kier molecular flexibility index (Phi) is 11.1. The minimum atomic E-state index is 0.605. The molecule has 0 saturated carbocycles. The van der Waals surface area contributed by atoms with Gasteiger partial charge in [-0.2, -0.15) is 0 Å². The lowest BCUT2D eigenvalue weighted by atomic mass is 9.92. The van der Waals surface area contributed by atoms with Crippen molar-refractivity contribution in [3.8, 4) is 0 Å². The van der Waals surface area contributed by atoms with E-state index in [-0.39, 0.29) is 0 Å². The third kappa shape index (κ3) is 6.17.